The summed E-state index contributed by atoms with van der Waals surface area (Å²) in [5.41, 5.74) is 2.31. The first-order valence-electron chi connectivity index (χ1n) is 6.56. The van der Waals surface area contributed by atoms with E-state index in [0.717, 1.165) is 17.9 Å². The molecule has 0 fully saturated rings. The summed E-state index contributed by atoms with van der Waals surface area (Å²) in [5.74, 6) is 0. The van der Waals surface area contributed by atoms with Crippen LogP contribution in [0.2, 0.25) is 0 Å². The largest absolute Gasteiger partial charge is 0.303 e. The van der Waals surface area contributed by atoms with Gasteiger partial charge in [0, 0.05) is 29.6 Å². The molecule has 2 aromatic heterocycles. The van der Waals surface area contributed by atoms with E-state index < -0.39 is 0 Å². The molecular formula is C15H21N3S. The van der Waals surface area contributed by atoms with Gasteiger partial charge in [-0.15, -0.1) is 11.3 Å². The summed E-state index contributed by atoms with van der Waals surface area (Å²) in [6.45, 7) is 9.49. The molecule has 0 amide bonds. The molecule has 0 saturated heterocycles. The third-order valence-corrected chi connectivity index (χ3v) is 4.23. The first-order chi connectivity index (χ1) is 8.97. The van der Waals surface area contributed by atoms with Gasteiger partial charge in [0.15, 0.2) is 0 Å². The highest BCUT2D eigenvalue weighted by molar-refractivity contribution is 7.09. The highest BCUT2D eigenvalue weighted by Crippen LogP contribution is 2.25. The molecule has 0 aromatic carbocycles. The van der Waals surface area contributed by atoms with Gasteiger partial charge in [0.25, 0.3) is 0 Å². The minimum atomic E-state index is 0.134. The number of rotatable bonds is 4. The van der Waals surface area contributed by atoms with Crippen LogP contribution in [0.4, 0.5) is 0 Å². The average molecular weight is 275 g/mol. The summed E-state index contributed by atoms with van der Waals surface area (Å²) in [4.78, 5) is 9.04. The molecule has 0 saturated carbocycles. The topological polar surface area (TPSA) is 37.8 Å². The van der Waals surface area contributed by atoms with Crippen molar-refractivity contribution in [1.82, 2.24) is 15.3 Å². The summed E-state index contributed by atoms with van der Waals surface area (Å²) in [7, 11) is 0. The molecule has 0 aliphatic rings. The molecule has 4 heteroatoms. The van der Waals surface area contributed by atoms with Gasteiger partial charge in [-0.05, 0) is 19.1 Å². The number of hydrogen-bond acceptors (Lipinski definition) is 4. The van der Waals surface area contributed by atoms with Gasteiger partial charge < -0.3 is 5.32 Å². The molecule has 1 atom stereocenters. The number of hydrogen-bond donors (Lipinski definition) is 1. The zero-order chi connectivity index (χ0) is 13.9. The lowest BCUT2D eigenvalue weighted by atomic mass is 9.98. The minimum absolute atomic E-state index is 0.134. The Hall–Kier alpha value is -1.26. The van der Waals surface area contributed by atoms with Gasteiger partial charge in [0.05, 0.1) is 16.4 Å². The quantitative estimate of drug-likeness (QED) is 0.925. The van der Waals surface area contributed by atoms with Crippen molar-refractivity contribution >= 4 is 11.3 Å². The van der Waals surface area contributed by atoms with Gasteiger partial charge >= 0.3 is 0 Å². The van der Waals surface area contributed by atoms with Crippen molar-refractivity contribution in [3.05, 3.63) is 46.2 Å². The van der Waals surface area contributed by atoms with Crippen LogP contribution in [0, 0.1) is 0 Å². The van der Waals surface area contributed by atoms with Crippen molar-refractivity contribution in [2.24, 2.45) is 0 Å². The molecule has 102 valence electrons. The predicted octanol–water partition coefficient (Wildman–Crippen LogP) is 3.69. The van der Waals surface area contributed by atoms with E-state index in [1.165, 1.54) is 5.01 Å². The van der Waals surface area contributed by atoms with Gasteiger partial charge in [-0.25, -0.2) is 4.98 Å². The molecule has 2 aromatic rings. The van der Waals surface area contributed by atoms with Gasteiger partial charge in [-0.2, -0.15) is 0 Å². The van der Waals surface area contributed by atoms with E-state index in [-0.39, 0.29) is 11.5 Å². The molecule has 0 radical (unpaired) electrons. The van der Waals surface area contributed by atoms with Crippen LogP contribution in [0.15, 0.2) is 29.8 Å². The van der Waals surface area contributed by atoms with E-state index in [4.69, 9.17) is 0 Å². The zero-order valence-electron chi connectivity index (χ0n) is 12.0. The van der Waals surface area contributed by atoms with Gasteiger partial charge in [0.2, 0.25) is 0 Å². The van der Waals surface area contributed by atoms with Crippen LogP contribution in [0.1, 0.15) is 50.1 Å². The summed E-state index contributed by atoms with van der Waals surface area (Å²) in [6, 6.07) is 6.23. The Balaban J connectivity index is 1.94. The molecular weight excluding hydrogens is 254 g/mol. The van der Waals surface area contributed by atoms with Crippen molar-refractivity contribution in [1.29, 1.82) is 0 Å². The molecule has 3 nitrogen and oxygen atoms in total. The molecule has 0 aliphatic heterocycles. The Morgan fingerprint density at radius 3 is 2.68 bits per heavy atom. The number of pyridine rings is 1. The van der Waals surface area contributed by atoms with E-state index >= 15 is 0 Å². The molecule has 0 bridgehead atoms. The monoisotopic (exact) mass is 275 g/mol. The summed E-state index contributed by atoms with van der Waals surface area (Å²) in [6.07, 6.45) is 1.83. The molecule has 1 unspecified atom stereocenters. The van der Waals surface area contributed by atoms with Crippen LogP contribution in [-0.2, 0) is 12.0 Å². The molecule has 1 N–H and O–H groups in total. The first-order valence-corrected chi connectivity index (χ1v) is 7.44. The number of thiazole rings is 1. The minimum Gasteiger partial charge on any atom is -0.303 e. The van der Waals surface area contributed by atoms with Crippen LogP contribution < -0.4 is 5.32 Å². The fraction of sp³-hybridized carbons (Fsp3) is 0.467. The Labute approximate surface area is 119 Å². The second-order valence-corrected chi connectivity index (χ2v) is 6.61. The smallest absolute Gasteiger partial charge is 0.0982 e. The van der Waals surface area contributed by atoms with Gasteiger partial charge in [-0.3, -0.25) is 4.98 Å². The van der Waals surface area contributed by atoms with E-state index in [1.807, 2.05) is 24.4 Å². The summed E-state index contributed by atoms with van der Waals surface area (Å²) >= 11 is 1.74. The first kappa shape index (κ1) is 14.2. The lowest BCUT2D eigenvalue weighted by Gasteiger charge is -2.14. The van der Waals surface area contributed by atoms with Crippen molar-refractivity contribution in [3.63, 3.8) is 0 Å². The Bertz CT molecular complexity index is 514. The highest BCUT2D eigenvalue weighted by Gasteiger charge is 2.18. The standard InChI is InChI=1S/C15H21N3S/c1-11(13-7-5-6-8-16-13)17-9-12-10-19-14(18-12)15(2,3)4/h5-8,10-11,17H,9H2,1-4H3. The van der Waals surface area contributed by atoms with Crippen LogP contribution in [0.5, 0.6) is 0 Å². The highest BCUT2D eigenvalue weighted by atomic mass is 32.1. The summed E-state index contributed by atoms with van der Waals surface area (Å²) < 4.78 is 0. The van der Waals surface area contributed by atoms with Crippen LogP contribution in [0.3, 0.4) is 0 Å². The van der Waals surface area contributed by atoms with Crippen LogP contribution >= 0.6 is 11.3 Å². The lowest BCUT2D eigenvalue weighted by molar-refractivity contribution is 0.548. The maximum absolute atomic E-state index is 4.68. The summed E-state index contributed by atoms with van der Waals surface area (Å²) in [5, 5.41) is 6.79. The third-order valence-electron chi connectivity index (χ3n) is 2.91. The van der Waals surface area contributed by atoms with Crippen LogP contribution in [-0.4, -0.2) is 9.97 Å². The Morgan fingerprint density at radius 2 is 2.11 bits per heavy atom. The SMILES string of the molecule is CC(NCc1csc(C(C)(C)C)n1)c1ccccn1. The van der Waals surface area contributed by atoms with Crippen molar-refractivity contribution < 1.29 is 0 Å². The van der Waals surface area contributed by atoms with Crippen LogP contribution in [0.25, 0.3) is 0 Å². The second-order valence-electron chi connectivity index (χ2n) is 5.75. The van der Waals surface area contributed by atoms with E-state index in [2.05, 4.69) is 48.4 Å². The number of aromatic nitrogens is 2. The Morgan fingerprint density at radius 1 is 1.32 bits per heavy atom. The van der Waals surface area contributed by atoms with E-state index in [9.17, 15) is 0 Å². The number of nitrogens with zero attached hydrogens (tertiary/aromatic N) is 2. The maximum Gasteiger partial charge on any atom is 0.0982 e. The predicted molar refractivity (Wildman–Crippen MR) is 80.3 cm³/mol. The average Bonchev–Trinajstić information content (AvgIpc) is 2.86. The van der Waals surface area contributed by atoms with Gasteiger partial charge in [-0.1, -0.05) is 26.8 Å². The molecule has 0 aliphatic carbocycles. The number of nitrogens with one attached hydrogen (secondary N) is 1. The third kappa shape index (κ3) is 3.85. The van der Waals surface area contributed by atoms with Crippen molar-refractivity contribution in [2.75, 3.05) is 0 Å². The van der Waals surface area contributed by atoms with E-state index in [0.29, 0.717) is 0 Å². The van der Waals surface area contributed by atoms with E-state index in [1.54, 1.807) is 11.3 Å². The normalized spacial score (nSPS) is 13.5. The van der Waals surface area contributed by atoms with Gasteiger partial charge in [0.1, 0.15) is 0 Å². The maximum atomic E-state index is 4.68. The molecule has 2 heterocycles. The lowest BCUT2D eigenvalue weighted by Crippen LogP contribution is -2.19. The molecule has 19 heavy (non-hydrogen) atoms. The fourth-order valence-corrected chi connectivity index (χ4v) is 2.63. The Kier molecular flexibility index (Phi) is 4.32. The molecule has 0 spiro atoms. The van der Waals surface area contributed by atoms with Crippen molar-refractivity contribution in [2.45, 2.75) is 45.7 Å². The van der Waals surface area contributed by atoms with Crippen molar-refractivity contribution in [3.8, 4) is 0 Å². The zero-order valence-corrected chi connectivity index (χ0v) is 12.8. The fourth-order valence-electron chi connectivity index (χ4n) is 1.73. The second kappa shape index (κ2) is 5.80. The molecule has 2 rings (SSSR count).